The first kappa shape index (κ1) is 21.6. The van der Waals surface area contributed by atoms with Gasteiger partial charge in [0.15, 0.2) is 0 Å². The van der Waals surface area contributed by atoms with Crippen molar-refractivity contribution >= 4 is 17.5 Å². The van der Waals surface area contributed by atoms with Crippen LogP contribution >= 0.6 is 0 Å². The second-order valence-corrected chi connectivity index (χ2v) is 8.06. The fraction of sp³-hybridized carbons (Fsp3) is 0.269. The van der Waals surface area contributed by atoms with Crippen molar-refractivity contribution in [3.8, 4) is 5.88 Å². The Bertz CT molecular complexity index is 1070. The molecule has 0 unspecified atom stereocenters. The summed E-state index contributed by atoms with van der Waals surface area (Å²) in [5, 5.41) is 0. The third kappa shape index (κ3) is 4.97. The number of piperidine rings is 1. The molecule has 0 spiro atoms. The van der Waals surface area contributed by atoms with E-state index >= 15 is 0 Å². The molecule has 0 radical (unpaired) electrons. The van der Waals surface area contributed by atoms with E-state index in [1.54, 1.807) is 42.4 Å². The summed E-state index contributed by atoms with van der Waals surface area (Å²) in [5.74, 6) is 0.501. The number of hydrogen-bond acceptors (Lipinski definition) is 4. The fourth-order valence-electron chi connectivity index (χ4n) is 3.82. The quantitative estimate of drug-likeness (QED) is 0.605. The molecule has 1 aromatic heterocycles. The summed E-state index contributed by atoms with van der Waals surface area (Å²) >= 11 is 0. The molecule has 0 bridgehead atoms. The van der Waals surface area contributed by atoms with Gasteiger partial charge in [-0.05, 0) is 55.0 Å². The molecule has 2 heterocycles. The molecule has 32 heavy (non-hydrogen) atoms. The Morgan fingerprint density at radius 2 is 1.62 bits per heavy atom. The van der Waals surface area contributed by atoms with Gasteiger partial charge in [-0.2, -0.15) is 0 Å². The van der Waals surface area contributed by atoms with E-state index in [0.717, 1.165) is 24.1 Å². The highest BCUT2D eigenvalue weighted by Crippen LogP contribution is 2.20. The molecule has 1 aliphatic rings. The lowest BCUT2D eigenvalue weighted by molar-refractivity contribution is 0.0587. The number of anilines is 1. The summed E-state index contributed by atoms with van der Waals surface area (Å²) in [4.78, 5) is 33.4. The fourth-order valence-corrected chi connectivity index (χ4v) is 3.82. The SMILES string of the molecule is Cc1ccnc(OC2CCN(C(=O)c3ccc(C(=O)N(C)c4ccccc4)cc3)CC2)c1. The number of likely N-dealkylation sites (tertiary alicyclic amines) is 1. The minimum Gasteiger partial charge on any atom is -0.474 e. The van der Waals surface area contributed by atoms with Crippen molar-refractivity contribution in [3.63, 3.8) is 0 Å². The van der Waals surface area contributed by atoms with E-state index < -0.39 is 0 Å². The van der Waals surface area contributed by atoms with Gasteiger partial charge in [-0.25, -0.2) is 4.98 Å². The van der Waals surface area contributed by atoms with Crippen LogP contribution in [0.2, 0.25) is 0 Å². The number of benzene rings is 2. The van der Waals surface area contributed by atoms with Gasteiger partial charge in [-0.15, -0.1) is 0 Å². The third-order valence-electron chi connectivity index (χ3n) is 5.73. The molecule has 0 aliphatic carbocycles. The Morgan fingerprint density at radius 1 is 0.969 bits per heavy atom. The van der Waals surface area contributed by atoms with Gasteiger partial charge in [0, 0.05) is 62.1 Å². The molecule has 0 atom stereocenters. The third-order valence-corrected chi connectivity index (χ3v) is 5.73. The highest BCUT2D eigenvalue weighted by atomic mass is 16.5. The van der Waals surface area contributed by atoms with Crippen LogP contribution in [0.1, 0.15) is 39.1 Å². The molecule has 2 amide bonds. The average Bonchev–Trinajstić information content (AvgIpc) is 2.84. The largest absolute Gasteiger partial charge is 0.474 e. The number of aryl methyl sites for hydroxylation is 1. The number of carbonyl (C=O) groups is 2. The van der Waals surface area contributed by atoms with Gasteiger partial charge in [-0.1, -0.05) is 18.2 Å². The van der Waals surface area contributed by atoms with E-state index in [9.17, 15) is 9.59 Å². The molecule has 6 heteroatoms. The van der Waals surface area contributed by atoms with Gasteiger partial charge < -0.3 is 14.5 Å². The molecule has 1 fully saturated rings. The van der Waals surface area contributed by atoms with Crippen LogP contribution in [0.25, 0.3) is 0 Å². The first-order chi connectivity index (χ1) is 15.5. The zero-order valence-corrected chi connectivity index (χ0v) is 18.4. The maximum atomic E-state index is 12.9. The van der Waals surface area contributed by atoms with Crippen molar-refractivity contribution in [1.29, 1.82) is 0 Å². The lowest BCUT2D eigenvalue weighted by Crippen LogP contribution is -2.41. The van der Waals surface area contributed by atoms with Gasteiger partial charge in [0.2, 0.25) is 5.88 Å². The van der Waals surface area contributed by atoms with Crippen LogP contribution in [0.15, 0.2) is 72.9 Å². The predicted molar refractivity (Wildman–Crippen MR) is 124 cm³/mol. The molecular weight excluding hydrogens is 402 g/mol. The highest BCUT2D eigenvalue weighted by molar-refractivity contribution is 6.06. The maximum absolute atomic E-state index is 12.9. The molecule has 0 N–H and O–H groups in total. The topological polar surface area (TPSA) is 62.7 Å². The molecule has 2 aromatic carbocycles. The van der Waals surface area contributed by atoms with Crippen molar-refractivity contribution in [2.24, 2.45) is 0 Å². The van der Waals surface area contributed by atoms with Crippen LogP contribution in [0.3, 0.4) is 0 Å². The molecule has 3 aromatic rings. The number of pyridine rings is 1. The van der Waals surface area contributed by atoms with Gasteiger partial charge in [0.1, 0.15) is 6.10 Å². The van der Waals surface area contributed by atoms with Crippen molar-refractivity contribution in [2.75, 3.05) is 25.0 Å². The molecule has 1 saturated heterocycles. The summed E-state index contributed by atoms with van der Waals surface area (Å²) in [5.41, 5.74) is 3.07. The van der Waals surface area contributed by atoms with Gasteiger partial charge in [0.05, 0.1) is 0 Å². The maximum Gasteiger partial charge on any atom is 0.258 e. The van der Waals surface area contributed by atoms with E-state index in [0.29, 0.717) is 30.1 Å². The highest BCUT2D eigenvalue weighted by Gasteiger charge is 2.25. The average molecular weight is 430 g/mol. The standard InChI is InChI=1S/C26H27N3O3/c1-19-12-15-27-24(18-19)32-23-13-16-29(17-14-23)26(31)21-10-8-20(9-11-21)25(30)28(2)22-6-4-3-5-7-22/h3-12,15,18,23H,13-14,16-17H2,1-2H3. The first-order valence-corrected chi connectivity index (χ1v) is 10.8. The summed E-state index contributed by atoms with van der Waals surface area (Å²) in [6.45, 7) is 3.27. The second kappa shape index (κ2) is 9.64. The molecule has 164 valence electrons. The minimum absolute atomic E-state index is 0.0208. The zero-order valence-electron chi connectivity index (χ0n) is 18.4. The Morgan fingerprint density at radius 3 is 2.28 bits per heavy atom. The number of amides is 2. The number of ether oxygens (including phenoxy) is 1. The van der Waals surface area contributed by atoms with Crippen molar-refractivity contribution in [3.05, 3.63) is 89.6 Å². The van der Waals surface area contributed by atoms with Crippen LogP contribution in [0, 0.1) is 6.92 Å². The second-order valence-electron chi connectivity index (χ2n) is 8.06. The number of carbonyl (C=O) groups excluding carboxylic acids is 2. The van der Waals surface area contributed by atoms with E-state index in [2.05, 4.69) is 4.98 Å². The number of para-hydroxylation sites is 1. The van der Waals surface area contributed by atoms with Crippen LogP contribution in [0.4, 0.5) is 5.69 Å². The van der Waals surface area contributed by atoms with E-state index in [1.165, 1.54) is 0 Å². The van der Waals surface area contributed by atoms with E-state index in [1.807, 2.05) is 54.3 Å². The zero-order chi connectivity index (χ0) is 22.5. The number of nitrogens with zero attached hydrogens (tertiary/aromatic N) is 3. The Balaban J connectivity index is 1.33. The Labute approximate surface area is 188 Å². The summed E-state index contributed by atoms with van der Waals surface area (Å²) in [6.07, 6.45) is 3.33. The van der Waals surface area contributed by atoms with Crippen molar-refractivity contribution in [2.45, 2.75) is 25.9 Å². The van der Waals surface area contributed by atoms with Gasteiger partial charge in [-0.3, -0.25) is 9.59 Å². The van der Waals surface area contributed by atoms with Crippen LogP contribution in [-0.2, 0) is 0 Å². The van der Waals surface area contributed by atoms with Gasteiger partial charge >= 0.3 is 0 Å². The van der Waals surface area contributed by atoms with Crippen LogP contribution in [-0.4, -0.2) is 47.9 Å². The van der Waals surface area contributed by atoms with Crippen LogP contribution in [0.5, 0.6) is 5.88 Å². The predicted octanol–water partition coefficient (Wildman–Crippen LogP) is 4.35. The summed E-state index contributed by atoms with van der Waals surface area (Å²) < 4.78 is 5.98. The smallest absolute Gasteiger partial charge is 0.258 e. The van der Waals surface area contributed by atoms with Crippen molar-refractivity contribution < 1.29 is 14.3 Å². The number of aromatic nitrogens is 1. The number of rotatable bonds is 5. The van der Waals surface area contributed by atoms with Crippen LogP contribution < -0.4 is 9.64 Å². The molecule has 6 nitrogen and oxygen atoms in total. The lowest BCUT2D eigenvalue weighted by Gasteiger charge is -2.32. The first-order valence-electron chi connectivity index (χ1n) is 10.8. The van der Waals surface area contributed by atoms with E-state index in [4.69, 9.17) is 4.74 Å². The monoisotopic (exact) mass is 429 g/mol. The summed E-state index contributed by atoms with van der Waals surface area (Å²) in [6, 6.07) is 20.2. The van der Waals surface area contributed by atoms with E-state index in [-0.39, 0.29) is 17.9 Å². The molecule has 1 aliphatic heterocycles. The normalized spacial score (nSPS) is 14.1. The van der Waals surface area contributed by atoms with Gasteiger partial charge in [0.25, 0.3) is 11.8 Å². The molecular formula is C26H27N3O3. The molecule has 0 saturated carbocycles. The molecule has 4 rings (SSSR count). The number of hydrogen-bond donors (Lipinski definition) is 0. The summed E-state index contributed by atoms with van der Waals surface area (Å²) in [7, 11) is 1.75. The Kier molecular flexibility index (Phi) is 6.50. The minimum atomic E-state index is -0.113. The lowest BCUT2D eigenvalue weighted by atomic mass is 10.0. The Hall–Kier alpha value is -3.67. The van der Waals surface area contributed by atoms with Crippen molar-refractivity contribution in [1.82, 2.24) is 9.88 Å².